The van der Waals surface area contributed by atoms with E-state index in [1.54, 1.807) is 0 Å². The van der Waals surface area contributed by atoms with Crippen LogP contribution < -0.4 is 5.14 Å². The molecule has 0 heterocycles. The zero-order chi connectivity index (χ0) is 10.1. The molecule has 0 spiro atoms. The zero-order valence-electron chi connectivity index (χ0n) is 6.78. The maximum Gasteiger partial charge on any atom is 0.270 e. The van der Waals surface area contributed by atoms with Gasteiger partial charge in [-0.3, -0.25) is 10.1 Å². The highest BCUT2D eigenvalue weighted by molar-refractivity contribution is 14.0. The standard InChI is InChI=1S/C6H6N2O4S.HI/c7-13(11,12)6-3-1-2-5(4-6)8(9)10;/h1-4H,(H2,7,11,12);1H. The molecule has 0 saturated carbocycles. The van der Waals surface area contributed by atoms with Gasteiger partial charge in [0.15, 0.2) is 0 Å². The highest BCUT2D eigenvalue weighted by Crippen LogP contribution is 2.15. The van der Waals surface area contributed by atoms with Crippen LogP contribution in [0.3, 0.4) is 0 Å². The van der Waals surface area contributed by atoms with Gasteiger partial charge >= 0.3 is 0 Å². The van der Waals surface area contributed by atoms with Crippen molar-refractivity contribution in [3.05, 3.63) is 34.4 Å². The Morgan fingerprint density at radius 2 is 1.93 bits per heavy atom. The number of sulfonamides is 1. The fraction of sp³-hybridized carbons (Fsp3) is 0. The molecule has 0 aliphatic carbocycles. The minimum atomic E-state index is -3.86. The van der Waals surface area contributed by atoms with E-state index in [0.717, 1.165) is 6.07 Å². The van der Waals surface area contributed by atoms with E-state index in [2.05, 4.69) is 0 Å². The molecule has 8 heteroatoms. The predicted molar refractivity (Wildman–Crippen MR) is 59.9 cm³/mol. The van der Waals surface area contributed by atoms with E-state index < -0.39 is 14.9 Å². The molecule has 0 saturated heterocycles. The number of halogens is 1. The van der Waals surface area contributed by atoms with Crippen molar-refractivity contribution < 1.29 is 13.3 Å². The molecule has 2 N–H and O–H groups in total. The topological polar surface area (TPSA) is 103 Å². The van der Waals surface area contributed by atoms with Gasteiger partial charge < -0.3 is 0 Å². The molecule has 1 rings (SSSR count). The van der Waals surface area contributed by atoms with Crippen molar-refractivity contribution in [3.8, 4) is 0 Å². The monoisotopic (exact) mass is 330 g/mol. The van der Waals surface area contributed by atoms with Crippen molar-refractivity contribution in [1.29, 1.82) is 0 Å². The molecule has 1 aromatic carbocycles. The SMILES string of the molecule is I.NS(=O)(=O)c1cccc([N+](=O)[O-])c1. The van der Waals surface area contributed by atoms with Gasteiger partial charge in [-0.1, -0.05) is 6.07 Å². The first-order valence-corrected chi connectivity index (χ1v) is 4.73. The fourth-order valence-corrected chi connectivity index (χ4v) is 1.33. The number of non-ortho nitro benzene ring substituents is 1. The minimum absolute atomic E-state index is 0. The molecule has 0 bridgehead atoms. The minimum Gasteiger partial charge on any atom is -0.258 e. The summed E-state index contributed by atoms with van der Waals surface area (Å²) in [5.41, 5.74) is -0.300. The highest BCUT2D eigenvalue weighted by atomic mass is 127. The largest absolute Gasteiger partial charge is 0.270 e. The molecule has 1 aromatic rings. The van der Waals surface area contributed by atoms with Crippen molar-refractivity contribution in [2.24, 2.45) is 5.14 Å². The molecule has 0 fully saturated rings. The van der Waals surface area contributed by atoms with Crippen molar-refractivity contribution in [2.75, 3.05) is 0 Å². The molecule has 0 radical (unpaired) electrons. The molecule has 0 aromatic heterocycles. The summed E-state index contributed by atoms with van der Waals surface area (Å²) in [5.74, 6) is 0. The van der Waals surface area contributed by atoms with Gasteiger partial charge in [-0.05, 0) is 6.07 Å². The van der Waals surface area contributed by atoms with E-state index in [0.29, 0.717) is 0 Å². The Morgan fingerprint density at radius 1 is 1.36 bits per heavy atom. The van der Waals surface area contributed by atoms with E-state index in [1.165, 1.54) is 18.2 Å². The number of nitro benzene ring substituents is 1. The van der Waals surface area contributed by atoms with Crippen LogP contribution in [0.1, 0.15) is 0 Å². The van der Waals surface area contributed by atoms with Crippen LogP contribution in [0.4, 0.5) is 5.69 Å². The summed E-state index contributed by atoms with van der Waals surface area (Å²) in [5, 5.41) is 15.0. The van der Waals surface area contributed by atoms with Crippen LogP contribution in [0.5, 0.6) is 0 Å². The first-order chi connectivity index (χ1) is 5.91. The number of primary sulfonamides is 1. The number of nitro groups is 1. The number of nitrogens with zero attached hydrogens (tertiary/aromatic N) is 1. The number of rotatable bonds is 2. The lowest BCUT2D eigenvalue weighted by molar-refractivity contribution is -0.385. The highest BCUT2D eigenvalue weighted by Gasteiger charge is 2.12. The number of nitrogens with two attached hydrogens (primary N) is 1. The van der Waals surface area contributed by atoms with Crippen molar-refractivity contribution in [2.45, 2.75) is 4.90 Å². The number of benzene rings is 1. The van der Waals surface area contributed by atoms with Gasteiger partial charge in [0.2, 0.25) is 10.0 Å². The second kappa shape index (κ2) is 4.66. The smallest absolute Gasteiger partial charge is 0.258 e. The van der Waals surface area contributed by atoms with Gasteiger partial charge in [0.05, 0.1) is 9.82 Å². The summed E-state index contributed by atoms with van der Waals surface area (Å²) in [4.78, 5) is 9.30. The third-order valence-corrected chi connectivity index (χ3v) is 2.27. The normalized spacial score (nSPS) is 10.4. The lowest BCUT2D eigenvalue weighted by Crippen LogP contribution is -2.12. The van der Waals surface area contributed by atoms with Gasteiger partial charge in [0.1, 0.15) is 0 Å². The molecule has 0 aliphatic heterocycles. The Labute approximate surface area is 97.3 Å². The van der Waals surface area contributed by atoms with E-state index in [-0.39, 0.29) is 34.6 Å². The Morgan fingerprint density at radius 3 is 2.36 bits per heavy atom. The average Bonchev–Trinajstić information content (AvgIpc) is 2.03. The number of hydrogen-bond acceptors (Lipinski definition) is 4. The quantitative estimate of drug-likeness (QED) is 0.493. The van der Waals surface area contributed by atoms with Crippen LogP contribution in [0.15, 0.2) is 29.2 Å². The summed E-state index contributed by atoms with van der Waals surface area (Å²) >= 11 is 0. The maximum absolute atomic E-state index is 10.8. The average molecular weight is 330 g/mol. The predicted octanol–water partition coefficient (Wildman–Crippen LogP) is 0.860. The van der Waals surface area contributed by atoms with Gasteiger partial charge in [0.25, 0.3) is 5.69 Å². The molecule has 0 aliphatic rings. The summed E-state index contributed by atoms with van der Waals surface area (Å²) in [6.45, 7) is 0. The Hall–Kier alpha value is -0.740. The Bertz CT molecular complexity index is 445. The third-order valence-electron chi connectivity index (χ3n) is 1.36. The Kier molecular flexibility index (Phi) is 4.42. The van der Waals surface area contributed by atoms with E-state index >= 15 is 0 Å². The molecule has 6 nitrogen and oxygen atoms in total. The van der Waals surface area contributed by atoms with Crippen LogP contribution in [0, 0.1) is 10.1 Å². The lowest BCUT2D eigenvalue weighted by Gasteiger charge is -1.96. The van der Waals surface area contributed by atoms with Crippen LogP contribution in [-0.4, -0.2) is 13.3 Å². The number of hydrogen-bond donors (Lipinski definition) is 1. The summed E-state index contributed by atoms with van der Waals surface area (Å²) in [7, 11) is -3.86. The van der Waals surface area contributed by atoms with E-state index in [9.17, 15) is 18.5 Å². The zero-order valence-corrected chi connectivity index (χ0v) is 9.93. The maximum atomic E-state index is 10.8. The molecule has 0 atom stereocenters. The molecule has 0 unspecified atom stereocenters. The van der Waals surface area contributed by atoms with Crippen molar-refractivity contribution >= 4 is 39.7 Å². The first-order valence-electron chi connectivity index (χ1n) is 3.18. The Balaban J connectivity index is 0.00000169. The molecular weight excluding hydrogens is 323 g/mol. The van der Waals surface area contributed by atoms with E-state index in [1.807, 2.05) is 0 Å². The fourth-order valence-electron chi connectivity index (χ4n) is 0.774. The third kappa shape index (κ3) is 3.20. The van der Waals surface area contributed by atoms with Crippen LogP contribution in [0.2, 0.25) is 0 Å². The van der Waals surface area contributed by atoms with Crippen LogP contribution in [-0.2, 0) is 10.0 Å². The van der Waals surface area contributed by atoms with Crippen molar-refractivity contribution in [1.82, 2.24) is 0 Å². The summed E-state index contributed by atoms with van der Waals surface area (Å²) < 4.78 is 21.5. The van der Waals surface area contributed by atoms with Crippen LogP contribution in [0.25, 0.3) is 0 Å². The van der Waals surface area contributed by atoms with E-state index in [4.69, 9.17) is 5.14 Å². The van der Waals surface area contributed by atoms with Gasteiger partial charge in [-0.25, -0.2) is 13.6 Å². The second-order valence-corrected chi connectivity index (χ2v) is 3.86. The molecular formula is C6H7IN2O4S. The summed E-state index contributed by atoms with van der Waals surface area (Å²) in [6.07, 6.45) is 0. The molecule has 0 amide bonds. The molecule has 78 valence electrons. The molecule has 14 heavy (non-hydrogen) atoms. The van der Waals surface area contributed by atoms with Gasteiger partial charge in [-0.2, -0.15) is 0 Å². The lowest BCUT2D eigenvalue weighted by atomic mass is 10.3. The van der Waals surface area contributed by atoms with Gasteiger partial charge in [0, 0.05) is 12.1 Å². The van der Waals surface area contributed by atoms with Crippen LogP contribution >= 0.6 is 24.0 Å². The van der Waals surface area contributed by atoms with Crippen molar-refractivity contribution in [3.63, 3.8) is 0 Å². The first kappa shape index (κ1) is 13.3. The second-order valence-electron chi connectivity index (χ2n) is 2.30. The van der Waals surface area contributed by atoms with Gasteiger partial charge in [-0.15, -0.1) is 24.0 Å². The summed E-state index contributed by atoms with van der Waals surface area (Å²) in [6, 6.07) is 4.56.